The van der Waals surface area contributed by atoms with E-state index < -0.39 is 17.6 Å². The first-order valence-electron chi connectivity index (χ1n) is 7.01. The third-order valence-electron chi connectivity index (χ3n) is 3.40. The second-order valence-electron chi connectivity index (χ2n) is 4.94. The molecule has 2 aromatic carbocycles. The van der Waals surface area contributed by atoms with Crippen LogP contribution in [0.3, 0.4) is 0 Å². The van der Waals surface area contributed by atoms with Gasteiger partial charge in [-0.05, 0) is 42.5 Å². The highest BCUT2D eigenvalue weighted by Gasteiger charge is 2.30. The molecule has 0 unspecified atom stereocenters. The van der Waals surface area contributed by atoms with Crippen molar-refractivity contribution in [3.8, 4) is 11.5 Å². The Bertz CT molecular complexity index is 712. The van der Waals surface area contributed by atoms with Crippen molar-refractivity contribution < 1.29 is 27.4 Å². The molecule has 0 aromatic heterocycles. The molecule has 0 saturated carbocycles. The molecule has 7 heteroatoms. The fraction of sp³-hybridized carbons (Fsp3) is 0.235. The number of amides is 1. The molecule has 128 valence electrons. The van der Waals surface area contributed by atoms with Gasteiger partial charge in [-0.25, -0.2) is 0 Å². The van der Waals surface area contributed by atoms with Gasteiger partial charge >= 0.3 is 6.18 Å². The van der Waals surface area contributed by atoms with E-state index in [1.807, 2.05) is 0 Å². The number of alkyl halides is 3. The summed E-state index contributed by atoms with van der Waals surface area (Å²) in [5.74, 6) is 0.701. The van der Waals surface area contributed by atoms with Gasteiger partial charge in [-0.3, -0.25) is 4.79 Å². The highest BCUT2D eigenvalue weighted by molar-refractivity contribution is 5.94. The molecule has 0 saturated heterocycles. The maximum Gasteiger partial charge on any atom is 0.416 e. The van der Waals surface area contributed by atoms with E-state index in [1.165, 1.54) is 14.2 Å². The zero-order valence-corrected chi connectivity index (χ0v) is 13.1. The Kier molecular flexibility index (Phi) is 5.33. The second-order valence-corrected chi connectivity index (χ2v) is 4.94. The standard InChI is InChI=1S/C17H16F3NO3/c1-23-14-7-8-15(24-2)12(9-14)10-21-16(22)11-3-5-13(6-4-11)17(18,19)20/h3-9H,10H2,1-2H3,(H,21,22). The molecular weight excluding hydrogens is 323 g/mol. The fourth-order valence-electron chi connectivity index (χ4n) is 2.11. The molecule has 0 spiro atoms. The second kappa shape index (κ2) is 7.25. The minimum atomic E-state index is -4.43. The fourth-order valence-corrected chi connectivity index (χ4v) is 2.11. The summed E-state index contributed by atoms with van der Waals surface area (Å²) in [5.41, 5.74) is 0.0375. The molecule has 0 aliphatic heterocycles. The maximum atomic E-state index is 12.5. The van der Waals surface area contributed by atoms with E-state index in [0.717, 1.165) is 24.3 Å². The molecule has 0 fully saturated rings. The number of halogens is 3. The van der Waals surface area contributed by atoms with Gasteiger partial charge in [-0.1, -0.05) is 0 Å². The zero-order valence-electron chi connectivity index (χ0n) is 13.1. The van der Waals surface area contributed by atoms with Crippen LogP contribution in [0.4, 0.5) is 13.2 Å². The highest BCUT2D eigenvalue weighted by atomic mass is 19.4. The summed E-state index contributed by atoms with van der Waals surface area (Å²) < 4.78 is 47.9. The van der Waals surface area contributed by atoms with E-state index in [1.54, 1.807) is 18.2 Å². The minimum absolute atomic E-state index is 0.143. The van der Waals surface area contributed by atoms with Gasteiger partial charge in [0, 0.05) is 17.7 Å². The molecule has 0 atom stereocenters. The maximum absolute atomic E-state index is 12.5. The number of rotatable bonds is 5. The molecule has 24 heavy (non-hydrogen) atoms. The molecule has 1 amide bonds. The number of methoxy groups -OCH3 is 2. The number of benzene rings is 2. The van der Waals surface area contributed by atoms with Crippen LogP contribution in [-0.2, 0) is 12.7 Å². The summed E-state index contributed by atoms with van der Waals surface area (Å²) in [6, 6.07) is 9.17. The molecule has 4 nitrogen and oxygen atoms in total. The van der Waals surface area contributed by atoms with Gasteiger partial charge in [0.05, 0.1) is 19.8 Å². The van der Waals surface area contributed by atoms with E-state index in [4.69, 9.17) is 9.47 Å². The number of hydrogen-bond acceptors (Lipinski definition) is 3. The van der Waals surface area contributed by atoms with Gasteiger partial charge in [-0.15, -0.1) is 0 Å². The Morgan fingerprint density at radius 1 is 1.04 bits per heavy atom. The lowest BCUT2D eigenvalue weighted by atomic mass is 10.1. The van der Waals surface area contributed by atoms with Crippen LogP contribution in [0.15, 0.2) is 42.5 Å². The van der Waals surface area contributed by atoms with Crippen molar-refractivity contribution in [1.29, 1.82) is 0 Å². The lowest BCUT2D eigenvalue weighted by Gasteiger charge is -2.12. The predicted octanol–water partition coefficient (Wildman–Crippen LogP) is 3.65. The van der Waals surface area contributed by atoms with Crippen molar-refractivity contribution in [1.82, 2.24) is 5.32 Å². The summed E-state index contributed by atoms with van der Waals surface area (Å²) in [7, 11) is 3.02. The molecule has 0 radical (unpaired) electrons. The third-order valence-corrected chi connectivity index (χ3v) is 3.40. The summed E-state index contributed by atoms with van der Waals surface area (Å²) in [5, 5.41) is 2.64. The molecule has 2 aromatic rings. The Morgan fingerprint density at radius 2 is 1.71 bits per heavy atom. The molecular formula is C17H16F3NO3. The molecule has 0 bridgehead atoms. The molecule has 0 aliphatic carbocycles. The number of ether oxygens (including phenoxy) is 2. The first-order chi connectivity index (χ1) is 11.3. The van der Waals surface area contributed by atoms with E-state index >= 15 is 0 Å². The van der Waals surface area contributed by atoms with E-state index in [-0.39, 0.29) is 12.1 Å². The van der Waals surface area contributed by atoms with Gasteiger partial charge in [0.2, 0.25) is 0 Å². The first kappa shape index (κ1) is 17.7. The van der Waals surface area contributed by atoms with Crippen LogP contribution in [0.5, 0.6) is 11.5 Å². The van der Waals surface area contributed by atoms with Gasteiger partial charge in [0.25, 0.3) is 5.91 Å². The number of nitrogens with one attached hydrogen (secondary N) is 1. The summed E-state index contributed by atoms with van der Waals surface area (Å²) in [6.07, 6.45) is -4.43. The van der Waals surface area contributed by atoms with E-state index in [9.17, 15) is 18.0 Å². The summed E-state index contributed by atoms with van der Waals surface area (Å²) in [4.78, 5) is 12.1. The van der Waals surface area contributed by atoms with Crippen LogP contribution in [-0.4, -0.2) is 20.1 Å². The van der Waals surface area contributed by atoms with Crippen molar-refractivity contribution >= 4 is 5.91 Å². The van der Waals surface area contributed by atoms with Gasteiger partial charge < -0.3 is 14.8 Å². The first-order valence-corrected chi connectivity index (χ1v) is 7.01. The van der Waals surface area contributed by atoms with Crippen LogP contribution in [0.1, 0.15) is 21.5 Å². The highest BCUT2D eigenvalue weighted by Crippen LogP contribution is 2.29. The van der Waals surface area contributed by atoms with Crippen LogP contribution >= 0.6 is 0 Å². The average Bonchev–Trinajstić information content (AvgIpc) is 2.58. The smallest absolute Gasteiger partial charge is 0.416 e. The quantitative estimate of drug-likeness (QED) is 0.904. The lowest BCUT2D eigenvalue weighted by Crippen LogP contribution is -2.23. The van der Waals surface area contributed by atoms with Crippen LogP contribution in [0.2, 0.25) is 0 Å². The SMILES string of the molecule is COc1ccc(OC)c(CNC(=O)c2ccc(C(F)(F)F)cc2)c1. The largest absolute Gasteiger partial charge is 0.497 e. The topological polar surface area (TPSA) is 47.6 Å². The number of hydrogen-bond donors (Lipinski definition) is 1. The van der Waals surface area contributed by atoms with Crippen molar-refractivity contribution in [3.05, 3.63) is 59.2 Å². The van der Waals surface area contributed by atoms with Gasteiger partial charge in [-0.2, -0.15) is 13.2 Å². The molecule has 0 heterocycles. The normalized spacial score (nSPS) is 11.0. The summed E-state index contributed by atoms with van der Waals surface area (Å²) >= 11 is 0. The monoisotopic (exact) mass is 339 g/mol. The number of carbonyl (C=O) groups excluding carboxylic acids is 1. The lowest BCUT2D eigenvalue weighted by molar-refractivity contribution is -0.137. The van der Waals surface area contributed by atoms with Crippen molar-refractivity contribution in [3.63, 3.8) is 0 Å². The Balaban J connectivity index is 2.08. The Morgan fingerprint density at radius 3 is 2.25 bits per heavy atom. The van der Waals surface area contributed by atoms with Crippen molar-refractivity contribution in [2.75, 3.05) is 14.2 Å². The van der Waals surface area contributed by atoms with Crippen LogP contribution in [0, 0.1) is 0 Å². The van der Waals surface area contributed by atoms with E-state index in [0.29, 0.717) is 17.1 Å². The van der Waals surface area contributed by atoms with Gasteiger partial charge in [0.1, 0.15) is 11.5 Å². The molecule has 2 rings (SSSR count). The van der Waals surface area contributed by atoms with E-state index in [2.05, 4.69) is 5.32 Å². The van der Waals surface area contributed by atoms with Gasteiger partial charge in [0.15, 0.2) is 0 Å². The third kappa shape index (κ3) is 4.18. The average molecular weight is 339 g/mol. The van der Waals surface area contributed by atoms with Crippen LogP contribution in [0.25, 0.3) is 0 Å². The van der Waals surface area contributed by atoms with Crippen LogP contribution < -0.4 is 14.8 Å². The van der Waals surface area contributed by atoms with Crippen molar-refractivity contribution in [2.24, 2.45) is 0 Å². The molecule has 1 N–H and O–H groups in total. The zero-order chi connectivity index (χ0) is 17.7. The predicted molar refractivity (Wildman–Crippen MR) is 82.2 cm³/mol. The Labute approximate surface area is 137 Å². The molecule has 0 aliphatic rings. The minimum Gasteiger partial charge on any atom is -0.497 e. The summed E-state index contributed by atoms with van der Waals surface area (Å²) in [6.45, 7) is 0.153. The Hall–Kier alpha value is -2.70. The van der Waals surface area contributed by atoms with Crippen molar-refractivity contribution in [2.45, 2.75) is 12.7 Å². The number of carbonyl (C=O) groups is 1.